The van der Waals surface area contributed by atoms with Crippen LogP contribution in [0.4, 0.5) is 0 Å². The third kappa shape index (κ3) is 9.16. The summed E-state index contributed by atoms with van der Waals surface area (Å²) in [5.41, 5.74) is 13.7. The summed E-state index contributed by atoms with van der Waals surface area (Å²) in [7, 11) is 0. The Bertz CT molecular complexity index is 1410. The molecule has 3 rings (SSSR count). The van der Waals surface area contributed by atoms with Crippen LogP contribution in [0.1, 0.15) is 37.8 Å². The number of primary amides is 1. The number of amides is 4. The van der Waals surface area contributed by atoms with Gasteiger partial charge in [0, 0.05) is 23.5 Å². The zero-order valence-corrected chi connectivity index (χ0v) is 23.6. The van der Waals surface area contributed by atoms with E-state index in [9.17, 15) is 29.1 Å². The van der Waals surface area contributed by atoms with Crippen LogP contribution in [-0.4, -0.2) is 63.9 Å². The lowest BCUT2D eigenvalue weighted by atomic mass is 9.99. The molecule has 12 heteroatoms. The Labute approximate surface area is 243 Å². The van der Waals surface area contributed by atoms with E-state index in [2.05, 4.69) is 20.9 Å². The highest BCUT2D eigenvalue weighted by Crippen LogP contribution is 2.19. The van der Waals surface area contributed by atoms with Gasteiger partial charge in [0.1, 0.15) is 18.1 Å². The van der Waals surface area contributed by atoms with E-state index in [-0.39, 0.29) is 25.2 Å². The SMILES string of the molecule is CC(C)CC(NC(=O)C(N)Cc1ccccc1)C(=O)NC(Cc1c[nH]c2ccccc12)C(=O)NC(CC(N)=O)C(=O)O. The lowest BCUT2D eigenvalue weighted by Crippen LogP contribution is -2.58. The van der Waals surface area contributed by atoms with Gasteiger partial charge in [-0.2, -0.15) is 0 Å². The Morgan fingerprint density at radius 1 is 0.810 bits per heavy atom. The zero-order valence-electron chi connectivity index (χ0n) is 23.6. The summed E-state index contributed by atoms with van der Waals surface area (Å²) in [5, 5.41) is 18.0. The van der Waals surface area contributed by atoms with Gasteiger partial charge in [0.2, 0.25) is 23.6 Å². The molecule has 0 aliphatic heterocycles. The number of nitrogens with two attached hydrogens (primary N) is 2. The molecule has 224 valence electrons. The molecule has 0 radical (unpaired) electrons. The molecule has 0 aliphatic carbocycles. The summed E-state index contributed by atoms with van der Waals surface area (Å²) in [6, 6.07) is 11.9. The number of benzene rings is 2. The molecule has 1 heterocycles. The van der Waals surface area contributed by atoms with Crippen LogP contribution >= 0.6 is 0 Å². The van der Waals surface area contributed by atoms with Crippen molar-refractivity contribution in [1.82, 2.24) is 20.9 Å². The van der Waals surface area contributed by atoms with Crippen molar-refractivity contribution in [2.45, 2.75) is 63.7 Å². The highest BCUT2D eigenvalue weighted by molar-refractivity contribution is 5.95. The van der Waals surface area contributed by atoms with E-state index in [0.717, 1.165) is 16.5 Å². The van der Waals surface area contributed by atoms with Crippen molar-refractivity contribution in [3.63, 3.8) is 0 Å². The molecule has 4 atom stereocenters. The molecule has 0 saturated heterocycles. The number of fused-ring (bicyclic) bond motifs is 1. The van der Waals surface area contributed by atoms with Crippen molar-refractivity contribution < 1.29 is 29.1 Å². The highest BCUT2D eigenvalue weighted by atomic mass is 16.4. The molecular formula is C30H38N6O6. The number of nitrogens with one attached hydrogen (secondary N) is 4. The Morgan fingerprint density at radius 2 is 1.40 bits per heavy atom. The van der Waals surface area contributed by atoms with Gasteiger partial charge in [0.05, 0.1) is 12.5 Å². The summed E-state index contributed by atoms with van der Waals surface area (Å²) in [5.74, 6) is -4.34. The van der Waals surface area contributed by atoms with Crippen LogP contribution in [-0.2, 0) is 36.8 Å². The van der Waals surface area contributed by atoms with Gasteiger partial charge in [-0.25, -0.2) is 4.79 Å². The minimum absolute atomic E-state index is 0.000360. The number of para-hydroxylation sites is 1. The van der Waals surface area contributed by atoms with Crippen LogP contribution in [0.2, 0.25) is 0 Å². The Kier molecular flexibility index (Phi) is 11.2. The van der Waals surface area contributed by atoms with Crippen LogP contribution < -0.4 is 27.4 Å². The molecular weight excluding hydrogens is 540 g/mol. The minimum Gasteiger partial charge on any atom is -0.480 e. The standard InChI is InChI=1S/C30H38N6O6/c1-17(2)12-23(34-27(38)21(31)13-18-8-4-3-5-9-18)28(39)35-24(29(40)36-25(30(41)42)15-26(32)37)14-19-16-33-22-11-7-6-10-20(19)22/h3-11,16-17,21,23-25,33H,12-15,31H2,1-2H3,(H2,32,37)(H,34,38)(H,35,39)(H,36,40)(H,41,42). The Morgan fingerprint density at radius 3 is 2.05 bits per heavy atom. The fraction of sp³-hybridized carbons (Fsp3) is 0.367. The molecule has 0 saturated carbocycles. The summed E-state index contributed by atoms with van der Waals surface area (Å²) in [6.45, 7) is 3.77. The van der Waals surface area contributed by atoms with Gasteiger partial charge >= 0.3 is 5.97 Å². The van der Waals surface area contributed by atoms with E-state index in [1.54, 1.807) is 6.20 Å². The van der Waals surface area contributed by atoms with Crippen molar-refractivity contribution >= 4 is 40.5 Å². The maximum atomic E-state index is 13.6. The second kappa shape index (κ2) is 14.8. The molecule has 0 fully saturated rings. The third-order valence-electron chi connectivity index (χ3n) is 6.73. The van der Waals surface area contributed by atoms with Crippen molar-refractivity contribution in [3.8, 4) is 0 Å². The molecule has 12 nitrogen and oxygen atoms in total. The average Bonchev–Trinajstić information content (AvgIpc) is 3.34. The second-order valence-electron chi connectivity index (χ2n) is 10.7. The van der Waals surface area contributed by atoms with Crippen molar-refractivity contribution in [1.29, 1.82) is 0 Å². The monoisotopic (exact) mass is 578 g/mol. The van der Waals surface area contributed by atoms with Crippen molar-refractivity contribution in [2.75, 3.05) is 0 Å². The van der Waals surface area contributed by atoms with Gasteiger partial charge < -0.3 is 37.5 Å². The van der Waals surface area contributed by atoms with Crippen LogP contribution in [0.5, 0.6) is 0 Å². The number of aromatic amines is 1. The van der Waals surface area contributed by atoms with Crippen LogP contribution in [0.3, 0.4) is 0 Å². The molecule has 0 spiro atoms. The molecule has 3 aromatic rings. The number of carbonyl (C=O) groups excluding carboxylic acids is 4. The van der Waals surface area contributed by atoms with E-state index < -0.39 is 60.2 Å². The van der Waals surface area contributed by atoms with Gasteiger partial charge in [0.15, 0.2) is 0 Å². The number of H-pyrrole nitrogens is 1. The van der Waals surface area contributed by atoms with Crippen molar-refractivity contribution in [3.05, 3.63) is 71.9 Å². The van der Waals surface area contributed by atoms with E-state index in [4.69, 9.17) is 11.5 Å². The van der Waals surface area contributed by atoms with E-state index in [0.29, 0.717) is 5.56 Å². The number of hydrogen-bond donors (Lipinski definition) is 7. The second-order valence-corrected chi connectivity index (χ2v) is 10.7. The first-order chi connectivity index (χ1) is 19.9. The number of carbonyl (C=O) groups is 5. The maximum Gasteiger partial charge on any atom is 0.326 e. The minimum atomic E-state index is -1.58. The van der Waals surface area contributed by atoms with Gasteiger partial charge in [-0.15, -0.1) is 0 Å². The number of rotatable bonds is 15. The lowest BCUT2D eigenvalue weighted by molar-refractivity contribution is -0.143. The summed E-state index contributed by atoms with van der Waals surface area (Å²) in [4.78, 5) is 66.1. The molecule has 0 aliphatic rings. The van der Waals surface area contributed by atoms with E-state index in [1.165, 1.54) is 0 Å². The molecule has 1 aromatic heterocycles. The normalized spacial score (nSPS) is 14.0. The first-order valence-electron chi connectivity index (χ1n) is 13.7. The van der Waals surface area contributed by atoms with E-state index >= 15 is 0 Å². The van der Waals surface area contributed by atoms with Gasteiger partial charge in [0.25, 0.3) is 0 Å². The molecule has 4 unspecified atom stereocenters. The summed E-state index contributed by atoms with van der Waals surface area (Å²) >= 11 is 0. The lowest BCUT2D eigenvalue weighted by Gasteiger charge is -2.26. The Hall–Kier alpha value is -4.71. The molecule has 9 N–H and O–H groups in total. The summed E-state index contributed by atoms with van der Waals surface area (Å²) in [6.07, 6.45) is 1.60. The van der Waals surface area contributed by atoms with Gasteiger partial charge in [-0.1, -0.05) is 62.4 Å². The first kappa shape index (κ1) is 31.8. The topological polar surface area (TPSA) is 209 Å². The third-order valence-corrected chi connectivity index (χ3v) is 6.73. The zero-order chi connectivity index (χ0) is 30.8. The molecule has 42 heavy (non-hydrogen) atoms. The Balaban J connectivity index is 1.82. The van der Waals surface area contributed by atoms with Gasteiger partial charge in [-0.3, -0.25) is 19.2 Å². The molecule has 4 amide bonds. The number of aromatic nitrogens is 1. The predicted molar refractivity (Wildman–Crippen MR) is 157 cm³/mol. The van der Waals surface area contributed by atoms with Crippen LogP contribution in [0.25, 0.3) is 10.9 Å². The number of aliphatic carboxylic acids is 1. The number of carboxylic acids is 1. The predicted octanol–water partition coefficient (Wildman–Crippen LogP) is 0.741. The van der Waals surface area contributed by atoms with E-state index in [1.807, 2.05) is 68.4 Å². The highest BCUT2D eigenvalue weighted by Gasteiger charge is 2.32. The summed E-state index contributed by atoms with van der Waals surface area (Å²) < 4.78 is 0. The maximum absolute atomic E-state index is 13.6. The number of hydrogen-bond acceptors (Lipinski definition) is 6. The smallest absolute Gasteiger partial charge is 0.326 e. The van der Waals surface area contributed by atoms with Gasteiger partial charge in [-0.05, 0) is 36.0 Å². The van der Waals surface area contributed by atoms with Crippen LogP contribution in [0, 0.1) is 5.92 Å². The molecule has 2 aromatic carbocycles. The molecule has 0 bridgehead atoms. The fourth-order valence-electron chi connectivity index (χ4n) is 4.62. The largest absolute Gasteiger partial charge is 0.480 e. The average molecular weight is 579 g/mol. The quantitative estimate of drug-likeness (QED) is 0.137. The first-order valence-corrected chi connectivity index (χ1v) is 13.7. The van der Waals surface area contributed by atoms with Crippen LogP contribution in [0.15, 0.2) is 60.8 Å². The fourth-order valence-corrected chi connectivity index (χ4v) is 4.62. The van der Waals surface area contributed by atoms with Crippen molar-refractivity contribution in [2.24, 2.45) is 17.4 Å². The number of carboxylic acid groups (broad SMARTS) is 1.